The highest BCUT2D eigenvalue weighted by Gasteiger charge is 2.16. The van der Waals surface area contributed by atoms with Gasteiger partial charge >= 0.3 is 5.97 Å². The first-order chi connectivity index (χ1) is 5.11. The van der Waals surface area contributed by atoms with Crippen molar-refractivity contribution in [3.63, 3.8) is 0 Å². The molecule has 0 aliphatic heterocycles. The maximum absolute atomic E-state index is 10.5. The number of carbonyl (C=O) groups excluding carboxylic acids is 1. The molecule has 0 aromatic heterocycles. The van der Waals surface area contributed by atoms with Crippen LogP contribution in [0.3, 0.4) is 0 Å². The van der Waals surface area contributed by atoms with E-state index in [4.69, 9.17) is 4.74 Å². The van der Waals surface area contributed by atoms with Gasteiger partial charge in [0.1, 0.15) is 12.2 Å². The Morgan fingerprint density at radius 3 is 2.64 bits per heavy atom. The number of hydrogen-bond acceptors (Lipinski definition) is 3. The van der Waals surface area contributed by atoms with Gasteiger partial charge in [0.05, 0.1) is 0 Å². The summed E-state index contributed by atoms with van der Waals surface area (Å²) >= 11 is 0. The van der Waals surface area contributed by atoms with Gasteiger partial charge in [-0.25, -0.2) is 0 Å². The van der Waals surface area contributed by atoms with Crippen molar-refractivity contribution in [3.8, 4) is 0 Å². The van der Waals surface area contributed by atoms with E-state index in [0.717, 1.165) is 0 Å². The Bertz CT molecular complexity index is 142. The Morgan fingerprint density at radius 2 is 2.36 bits per heavy atom. The van der Waals surface area contributed by atoms with E-state index in [1.807, 2.05) is 6.92 Å². The normalized spacial score (nSPS) is 15.2. The number of carbonyl (C=O) groups is 1. The van der Waals surface area contributed by atoms with Crippen molar-refractivity contribution in [2.45, 2.75) is 32.5 Å². The number of rotatable bonds is 4. The molecular formula is C8H14O3. The van der Waals surface area contributed by atoms with Crippen LogP contribution in [0, 0.1) is 0 Å². The van der Waals surface area contributed by atoms with E-state index >= 15 is 0 Å². The van der Waals surface area contributed by atoms with E-state index in [-0.39, 0.29) is 5.97 Å². The quantitative estimate of drug-likeness (QED) is 0.488. The molecule has 0 bridgehead atoms. The summed E-state index contributed by atoms with van der Waals surface area (Å²) in [5.41, 5.74) is 0. The molecule has 3 heteroatoms. The number of hydrogen-bond donors (Lipinski definition) is 1. The van der Waals surface area contributed by atoms with Crippen molar-refractivity contribution in [1.29, 1.82) is 0 Å². The summed E-state index contributed by atoms with van der Waals surface area (Å²) in [6, 6.07) is 0. The molecular weight excluding hydrogens is 144 g/mol. The van der Waals surface area contributed by atoms with Crippen LogP contribution in [0.5, 0.6) is 0 Å². The highest BCUT2D eigenvalue weighted by Crippen LogP contribution is 2.05. The second-order valence-corrected chi connectivity index (χ2v) is 2.28. The predicted octanol–water partition coefficient (Wildman–Crippen LogP) is 0.875. The van der Waals surface area contributed by atoms with Crippen LogP contribution in [0.1, 0.15) is 20.3 Å². The smallest absolute Gasteiger partial charge is 0.303 e. The summed E-state index contributed by atoms with van der Waals surface area (Å²) in [5.74, 6) is -0.377. The SMILES string of the molecule is C=C[C@@H](O)[C@@H](CC)OC(C)=O. The number of aliphatic hydroxyl groups excluding tert-OH is 1. The lowest BCUT2D eigenvalue weighted by molar-refractivity contribution is -0.150. The van der Waals surface area contributed by atoms with E-state index in [9.17, 15) is 9.90 Å². The fourth-order valence-electron chi connectivity index (χ4n) is 0.759. The molecule has 0 aliphatic carbocycles. The van der Waals surface area contributed by atoms with Crippen LogP contribution in [-0.4, -0.2) is 23.3 Å². The predicted molar refractivity (Wildman–Crippen MR) is 42.0 cm³/mol. The molecule has 64 valence electrons. The lowest BCUT2D eigenvalue weighted by Gasteiger charge is -2.17. The Balaban J connectivity index is 3.93. The average molecular weight is 158 g/mol. The van der Waals surface area contributed by atoms with Gasteiger partial charge in [-0.05, 0) is 6.42 Å². The maximum Gasteiger partial charge on any atom is 0.303 e. The van der Waals surface area contributed by atoms with Crippen LogP contribution in [0.2, 0.25) is 0 Å². The van der Waals surface area contributed by atoms with Gasteiger partial charge in [0, 0.05) is 6.92 Å². The molecule has 0 aromatic rings. The Hall–Kier alpha value is -0.830. The second kappa shape index (κ2) is 4.91. The molecule has 0 aliphatic rings. The third kappa shape index (κ3) is 3.78. The van der Waals surface area contributed by atoms with Crippen LogP contribution in [-0.2, 0) is 9.53 Å². The molecule has 0 saturated carbocycles. The molecule has 3 nitrogen and oxygen atoms in total. The monoisotopic (exact) mass is 158 g/mol. The minimum Gasteiger partial charge on any atom is -0.459 e. The zero-order chi connectivity index (χ0) is 8.85. The zero-order valence-electron chi connectivity index (χ0n) is 6.91. The highest BCUT2D eigenvalue weighted by molar-refractivity contribution is 5.66. The largest absolute Gasteiger partial charge is 0.459 e. The number of aliphatic hydroxyl groups is 1. The summed E-state index contributed by atoms with van der Waals surface area (Å²) in [4.78, 5) is 10.5. The first-order valence-electron chi connectivity index (χ1n) is 3.59. The van der Waals surface area contributed by atoms with Crippen LogP contribution in [0.25, 0.3) is 0 Å². The van der Waals surface area contributed by atoms with Crippen molar-refractivity contribution in [2.75, 3.05) is 0 Å². The van der Waals surface area contributed by atoms with Gasteiger partial charge in [-0.15, -0.1) is 6.58 Å². The average Bonchev–Trinajstić information content (AvgIpc) is 1.98. The number of esters is 1. The third-order valence-electron chi connectivity index (χ3n) is 1.34. The lowest BCUT2D eigenvalue weighted by Crippen LogP contribution is -2.28. The first kappa shape index (κ1) is 10.2. The van der Waals surface area contributed by atoms with Gasteiger partial charge in [-0.2, -0.15) is 0 Å². The fraction of sp³-hybridized carbons (Fsp3) is 0.625. The van der Waals surface area contributed by atoms with Crippen molar-refractivity contribution in [3.05, 3.63) is 12.7 Å². The lowest BCUT2D eigenvalue weighted by atomic mass is 10.1. The minimum atomic E-state index is -0.760. The molecule has 0 unspecified atom stereocenters. The highest BCUT2D eigenvalue weighted by atomic mass is 16.6. The Morgan fingerprint density at radius 1 is 1.82 bits per heavy atom. The third-order valence-corrected chi connectivity index (χ3v) is 1.34. The van der Waals surface area contributed by atoms with Gasteiger partial charge in [-0.3, -0.25) is 4.79 Å². The van der Waals surface area contributed by atoms with Crippen LogP contribution >= 0.6 is 0 Å². The summed E-state index contributed by atoms with van der Waals surface area (Å²) in [6.07, 6.45) is 0.734. The van der Waals surface area contributed by atoms with E-state index in [1.165, 1.54) is 13.0 Å². The molecule has 0 amide bonds. The van der Waals surface area contributed by atoms with Gasteiger partial charge in [0.15, 0.2) is 0 Å². The molecule has 0 spiro atoms. The molecule has 0 fully saturated rings. The van der Waals surface area contributed by atoms with E-state index in [1.54, 1.807) is 0 Å². The maximum atomic E-state index is 10.5. The summed E-state index contributed by atoms with van der Waals surface area (Å²) in [6.45, 7) is 6.55. The molecule has 0 aromatic carbocycles. The molecule has 0 saturated heterocycles. The Labute approximate surface area is 66.7 Å². The van der Waals surface area contributed by atoms with Gasteiger partial charge in [0.2, 0.25) is 0 Å². The number of ether oxygens (including phenoxy) is 1. The zero-order valence-corrected chi connectivity index (χ0v) is 6.91. The molecule has 0 rings (SSSR count). The van der Waals surface area contributed by atoms with Gasteiger partial charge in [0.25, 0.3) is 0 Å². The molecule has 1 N–H and O–H groups in total. The summed E-state index contributed by atoms with van der Waals surface area (Å²) in [5, 5.41) is 9.17. The van der Waals surface area contributed by atoms with E-state index in [0.29, 0.717) is 6.42 Å². The molecule has 0 heterocycles. The molecule has 2 atom stereocenters. The van der Waals surface area contributed by atoms with Crippen molar-refractivity contribution in [1.82, 2.24) is 0 Å². The Kier molecular flexibility index (Phi) is 4.54. The summed E-state index contributed by atoms with van der Waals surface area (Å²) < 4.78 is 4.79. The van der Waals surface area contributed by atoms with Crippen molar-refractivity contribution >= 4 is 5.97 Å². The van der Waals surface area contributed by atoms with Gasteiger partial charge in [-0.1, -0.05) is 13.0 Å². The second-order valence-electron chi connectivity index (χ2n) is 2.28. The molecule has 11 heavy (non-hydrogen) atoms. The standard InChI is InChI=1S/C8H14O3/c1-4-7(10)8(5-2)11-6(3)9/h4,7-8,10H,1,5H2,2-3H3/t7-,8-/m1/s1. The van der Waals surface area contributed by atoms with Crippen LogP contribution in [0.15, 0.2) is 12.7 Å². The first-order valence-corrected chi connectivity index (χ1v) is 3.59. The van der Waals surface area contributed by atoms with Gasteiger partial charge < -0.3 is 9.84 Å². The topological polar surface area (TPSA) is 46.5 Å². The van der Waals surface area contributed by atoms with Crippen LogP contribution < -0.4 is 0 Å². The van der Waals surface area contributed by atoms with E-state index < -0.39 is 12.2 Å². The van der Waals surface area contributed by atoms with Crippen molar-refractivity contribution < 1.29 is 14.6 Å². The van der Waals surface area contributed by atoms with Crippen molar-refractivity contribution in [2.24, 2.45) is 0 Å². The fourth-order valence-corrected chi connectivity index (χ4v) is 0.759. The summed E-state index contributed by atoms with van der Waals surface area (Å²) in [7, 11) is 0. The minimum absolute atomic E-state index is 0.377. The molecule has 0 radical (unpaired) electrons. The van der Waals surface area contributed by atoms with Crippen LogP contribution in [0.4, 0.5) is 0 Å². The van der Waals surface area contributed by atoms with E-state index in [2.05, 4.69) is 6.58 Å².